The molecule has 1 aromatic carbocycles. The van der Waals surface area contributed by atoms with Crippen molar-refractivity contribution in [1.29, 1.82) is 5.26 Å². The first-order valence-corrected chi connectivity index (χ1v) is 8.37. The molecule has 1 aliphatic rings. The highest BCUT2D eigenvalue weighted by Crippen LogP contribution is 2.32. The van der Waals surface area contributed by atoms with E-state index in [-0.39, 0.29) is 12.5 Å². The number of thiazole rings is 1. The number of nitrogens with one attached hydrogen (secondary N) is 1. The molecule has 1 amide bonds. The Hall–Kier alpha value is -2.39. The number of amides is 1. The normalized spacial score (nSPS) is 16.3. The number of fused-ring (bicyclic) bond motifs is 1. The lowest BCUT2D eigenvalue weighted by atomic mass is 9.93. The van der Waals surface area contributed by atoms with Crippen LogP contribution in [0.2, 0.25) is 0 Å². The summed E-state index contributed by atoms with van der Waals surface area (Å²) in [5.41, 5.74) is 1.68. The highest BCUT2D eigenvalue weighted by atomic mass is 32.1. The third-order valence-corrected chi connectivity index (χ3v) is 4.82. The van der Waals surface area contributed by atoms with Gasteiger partial charge in [0.2, 0.25) is 0 Å². The van der Waals surface area contributed by atoms with E-state index < -0.39 is 0 Å². The van der Waals surface area contributed by atoms with Crippen molar-refractivity contribution in [3.05, 3.63) is 40.4 Å². The highest BCUT2D eigenvalue weighted by molar-refractivity contribution is 7.15. The predicted octanol–water partition coefficient (Wildman–Crippen LogP) is 3.16. The summed E-state index contributed by atoms with van der Waals surface area (Å²) in [6.45, 7) is 2.17. The second-order valence-corrected chi connectivity index (χ2v) is 6.79. The molecule has 1 N–H and O–H groups in total. The van der Waals surface area contributed by atoms with E-state index in [4.69, 9.17) is 10.00 Å². The number of carbonyl (C=O) groups is 1. The van der Waals surface area contributed by atoms with Crippen molar-refractivity contribution in [2.24, 2.45) is 5.92 Å². The zero-order valence-corrected chi connectivity index (χ0v) is 13.7. The molecule has 0 spiro atoms. The fourth-order valence-electron chi connectivity index (χ4n) is 2.52. The van der Waals surface area contributed by atoms with Gasteiger partial charge >= 0.3 is 0 Å². The van der Waals surface area contributed by atoms with Gasteiger partial charge in [-0.15, -0.1) is 11.3 Å². The Morgan fingerprint density at radius 3 is 3.00 bits per heavy atom. The number of nitrogens with zero attached hydrogens (tertiary/aromatic N) is 2. The fraction of sp³-hybridized carbons (Fsp3) is 0.353. The van der Waals surface area contributed by atoms with Crippen LogP contribution >= 0.6 is 11.3 Å². The lowest BCUT2D eigenvalue weighted by molar-refractivity contribution is -0.118. The van der Waals surface area contributed by atoms with Gasteiger partial charge in [-0.2, -0.15) is 5.26 Å². The summed E-state index contributed by atoms with van der Waals surface area (Å²) in [5.74, 6) is 1.02. The first-order valence-electron chi connectivity index (χ1n) is 7.55. The van der Waals surface area contributed by atoms with Gasteiger partial charge in [-0.05, 0) is 49.4 Å². The summed E-state index contributed by atoms with van der Waals surface area (Å²) < 4.78 is 5.41. The van der Waals surface area contributed by atoms with Gasteiger partial charge in [0, 0.05) is 4.88 Å². The molecule has 1 aliphatic carbocycles. The summed E-state index contributed by atoms with van der Waals surface area (Å²) in [4.78, 5) is 17.7. The number of nitriles is 1. The van der Waals surface area contributed by atoms with Crippen LogP contribution in [0.1, 0.15) is 29.5 Å². The van der Waals surface area contributed by atoms with Gasteiger partial charge in [0.25, 0.3) is 5.91 Å². The van der Waals surface area contributed by atoms with Gasteiger partial charge in [0.1, 0.15) is 5.75 Å². The van der Waals surface area contributed by atoms with Crippen LogP contribution in [0.15, 0.2) is 24.3 Å². The zero-order valence-electron chi connectivity index (χ0n) is 12.8. The third kappa shape index (κ3) is 3.88. The molecular weight excluding hydrogens is 310 g/mol. The molecule has 0 fully saturated rings. The zero-order chi connectivity index (χ0) is 16.2. The van der Waals surface area contributed by atoms with Crippen molar-refractivity contribution in [3.8, 4) is 11.8 Å². The fourth-order valence-corrected chi connectivity index (χ4v) is 3.71. The van der Waals surface area contributed by atoms with Crippen LogP contribution in [0, 0.1) is 17.2 Å². The van der Waals surface area contributed by atoms with E-state index in [9.17, 15) is 4.79 Å². The van der Waals surface area contributed by atoms with Crippen LogP contribution in [0.5, 0.6) is 5.75 Å². The monoisotopic (exact) mass is 327 g/mol. The molecule has 0 saturated carbocycles. The molecule has 5 nitrogen and oxygen atoms in total. The van der Waals surface area contributed by atoms with Crippen molar-refractivity contribution in [2.45, 2.75) is 26.2 Å². The van der Waals surface area contributed by atoms with Crippen molar-refractivity contribution in [2.75, 3.05) is 11.9 Å². The van der Waals surface area contributed by atoms with E-state index >= 15 is 0 Å². The van der Waals surface area contributed by atoms with Crippen LogP contribution in [0.25, 0.3) is 0 Å². The van der Waals surface area contributed by atoms with Gasteiger partial charge in [-0.3, -0.25) is 10.1 Å². The number of anilines is 1. The minimum Gasteiger partial charge on any atom is -0.484 e. The van der Waals surface area contributed by atoms with E-state index in [2.05, 4.69) is 17.2 Å². The average Bonchev–Trinajstić information content (AvgIpc) is 2.94. The number of ether oxygens (including phenoxy) is 1. The van der Waals surface area contributed by atoms with Crippen molar-refractivity contribution < 1.29 is 9.53 Å². The van der Waals surface area contributed by atoms with Gasteiger partial charge in [-0.1, -0.05) is 6.92 Å². The molecular formula is C17H17N3O2S. The Morgan fingerprint density at radius 1 is 1.48 bits per heavy atom. The number of hydrogen-bond donors (Lipinski definition) is 1. The Kier molecular flexibility index (Phi) is 4.58. The summed E-state index contributed by atoms with van der Waals surface area (Å²) in [6, 6.07) is 8.70. The molecule has 1 aromatic heterocycles. The molecule has 118 valence electrons. The first-order chi connectivity index (χ1) is 11.1. The van der Waals surface area contributed by atoms with Gasteiger partial charge < -0.3 is 4.74 Å². The van der Waals surface area contributed by atoms with E-state index in [0.717, 1.165) is 25.0 Å². The smallest absolute Gasteiger partial charge is 0.264 e. The average molecular weight is 327 g/mol. The minimum absolute atomic E-state index is 0.0768. The third-order valence-electron chi connectivity index (χ3n) is 3.79. The van der Waals surface area contributed by atoms with Crippen LogP contribution in [-0.4, -0.2) is 17.5 Å². The minimum atomic E-state index is -0.228. The number of rotatable bonds is 4. The standard InChI is InChI=1S/C17H17N3O2S/c1-11-2-7-14-15(8-11)23-17(19-14)20-16(21)10-22-13-5-3-12(9-18)4-6-13/h3-6,11H,2,7-8,10H2,1H3,(H,19,20,21)/t11-/m1/s1. The second kappa shape index (κ2) is 6.80. The molecule has 0 unspecified atom stereocenters. The lowest BCUT2D eigenvalue weighted by Crippen LogP contribution is -2.20. The quantitative estimate of drug-likeness (QED) is 0.936. The number of carbonyl (C=O) groups excluding carboxylic acids is 1. The number of hydrogen-bond acceptors (Lipinski definition) is 5. The Bertz CT molecular complexity index is 746. The molecule has 6 heteroatoms. The summed E-state index contributed by atoms with van der Waals surface area (Å²) in [5, 5.41) is 12.2. The number of aryl methyl sites for hydroxylation is 1. The maximum absolute atomic E-state index is 12.0. The van der Waals surface area contributed by atoms with Crippen molar-refractivity contribution in [1.82, 2.24) is 4.98 Å². The highest BCUT2D eigenvalue weighted by Gasteiger charge is 2.20. The largest absolute Gasteiger partial charge is 0.484 e. The Morgan fingerprint density at radius 2 is 2.26 bits per heavy atom. The molecule has 0 bridgehead atoms. The molecule has 0 saturated heterocycles. The van der Waals surface area contributed by atoms with E-state index in [1.165, 1.54) is 4.88 Å². The van der Waals surface area contributed by atoms with Crippen LogP contribution in [0.3, 0.4) is 0 Å². The predicted molar refractivity (Wildman–Crippen MR) is 88.6 cm³/mol. The van der Waals surface area contributed by atoms with Crippen LogP contribution in [-0.2, 0) is 17.6 Å². The van der Waals surface area contributed by atoms with Crippen LogP contribution in [0.4, 0.5) is 5.13 Å². The molecule has 3 rings (SSSR count). The number of aromatic nitrogens is 1. The SMILES string of the molecule is C[C@@H]1CCc2nc(NC(=O)COc3ccc(C#N)cc3)sc2C1. The van der Waals surface area contributed by atoms with E-state index in [1.807, 2.05) is 6.07 Å². The maximum Gasteiger partial charge on any atom is 0.264 e. The first kappa shape index (κ1) is 15.5. The Labute approximate surface area is 138 Å². The van der Waals surface area contributed by atoms with Crippen LogP contribution < -0.4 is 10.1 Å². The molecule has 23 heavy (non-hydrogen) atoms. The summed E-state index contributed by atoms with van der Waals surface area (Å²) >= 11 is 1.56. The van der Waals surface area contributed by atoms with Gasteiger partial charge in [0.05, 0.1) is 17.3 Å². The van der Waals surface area contributed by atoms with Gasteiger partial charge in [0.15, 0.2) is 11.7 Å². The van der Waals surface area contributed by atoms with E-state index in [0.29, 0.717) is 22.4 Å². The van der Waals surface area contributed by atoms with Gasteiger partial charge in [-0.25, -0.2) is 4.98 Å². The Balaban J connectivity index is 1.54. The summed E-state index contributed by atoms with van der Waals surface area (Å²) in [7, 11) is 0. The van der Waals surface area contributed by atoms with Crippen molar-refractivity contribution in [3.63, 3.8) is 0 Å². The molecule has 0 aliphatic heterocycles. The van der Waals surface area contributed by atoms with Crippen molar-refractivity contribution >= 4 is 22.4 Å². The molecule has 0 radical (unpaired) electrons. The summed E-state index contributed by atoms with van der Waals surface area (Å²) in [6.07, 6.45) is 3.20. The second-order valence-electron chi connectivity index (χ2n) is 5.71. The molecule has 2 aromatic rings. The number of benzene rings is 1. The lowest BCUT2D eigenvalue weighted by Gasteiger charge is -2.15. The van der Waals surface area contributed by atoms with E-state index in [1.54, 1.807) is 35.6 Å². The maximum atomic E-state index is 12.0. The molecule has 1 atom stereocenters. The molecule has 1 heterocycles. The topological polar surface area (TPSA) is 75.0 Å².